The number of ether oxygens (including phenoxy) is 1. The van der Waals surface area contributed by atoms with Gasteiger partial charge in [-0.15, -0.1) is 0 Å². The Hall–Kier alpha value is -1.48. The lowest BCUT2D eigenvalue weighted by atomic mass is 10.1. The third-order valence-corrected chi connectivity index (χ3v) is 5.31. The van der Waals surface area contributed by atoms with E-state index in [0.717, 1.165) is 18.4 Å². The Morgan fingerprint density at radius 1 is 1.19 bits per heavy atom. The number of Topliss-reactive ketones (excluding diaryl/α,β-unsaturated/α-hetero) is 1. The van der Waals surface area contributed by atoms with Crippen LogP contribution in [0, 0.1) is 5.82 Å². The van der Waals surface area contributed by atoms with E-state index in [0.29, 0.717) is 0 Å². The molecule has 0 aromatic heterocycles. The van der Waals surface area contributed by atoms with E-state index < -0.39 is 48.5 Å². The number of methoxy groups -OCH3 is 1. The van der Waals surface area contributed by atoms with Gasteiger partial charge in [0.15, 0.2) is 15.6 Å². The second-order valence-corrected chi connectivity index (χ2v) is 8.93. The van der Waals surface area contributed by atoms with E-state index >= 15 is 0 Å². The van der Waals surface area contributed by atoms with Crippen molar-refractivity contribution in [1.29, 1.82) is 0 Å². The summed E-state index contributed by atoms with van der Waals surface area (Å²) in [4.78, 5) is 11.9. The monoisotopic (exact) mass is 338 g/mol. The first kappa shape index (κ1) is 17.6. The first-order valence-corrected chi connectivity index (χ1v) is 9.67. The summed E-state index contributed by atoms with van der Waals surface area (Å²) in [5.41, 5.74) is -0.194. The summed E-state index contributed by atoms with van der Waals surface area (Å²) in [6, 6.07) is 3.17. The van der Waals surface area contributed by atoms with E-state index in [1.807, 2.05) is 0 Å². The molecule has 0 unspecified atom stereocenters. The Kier molecular flexibility index (Phi) is 5.46. The minimum Gasteiger partial charge on any atom is -0.496 e. The van der Waals surface area contributed by atoms with E-state index in [1.165, 1.54) is 13.2 Å². The third kappa shape index (κ3) is 5.80. The molecule has 0 atom stereocenters. The smallest absolute Gasteiger partial charge is 0.181 e. The Labute approximate surface area is 122 Å². The summed E-state index contributed by atoms with van der Waals surface area (Å²) in [5.74, 6) is -3.62. The van der Waals surface area contributed by atoms with Gasteiger partial charge in [0.05, 0.1) is 24.2 Å². The molecule has 0 fully saturated rings. The Morgan fingerprint density at radius 2 is 1.81 bits per heavy atom. The van der Waals surface area contributed by atoms with Gasteiger partial charge in [0.2, 0.25) is 0 Å². The van der Waals surface area contributed by atoms with Crippen LogP contribution in [-0.4, -0.2) is 53.2 Å². The van der Waals surface area contributed by atoms with Crippen molar-refractivity contribution in [2.45, 2.75) is 0 Å². The molecule has 0 aliphatic carbocycles. The Bertz CT molecular complexity index is 737. The molecule has 0 radical (unpaired) electrons. The van der Waals surface area contributed by atoms with Gasteiger partial charge in [-0.2, -0.15) is 0 Å². The molecule has 0 bridgehead atoms. The van der Waals surface area contributed by atoms with Gasteiger partial charge < -0.3 is 4.74 Å². The molecular weight excluding hydrogens is 323 g/mol. The van der Waals surface area contributed by atoms with E-state index in [1.54, 1.807) is 0 Å². The topological polar surface area (TPSA) is 94.6 Å². The molecule has 0 amide bonds. The predicted octanol–water partition coefficient (Wildman–Crippen LogP) is 0.476. The highest BCUT2D eigenvalue weighted by Crippen LogP contribution is 2.20. The van der Waals surface area contributed by atoms with Crippen LogP contribution in [0.2, 0.25) is 0 Å². The molecule has 0 saturated carbocycles. The highest BCUT2D eigenvalue weighted by molar-refractivity contribution is 7.95. The molecule has 0 N–H and O–H groups in total. The van der Waals surface area contributed by atoms with Crippen LogP contribution in [-0.2, 0) is 19.7 Å². The molecule has 1 aromatic carbocycles. The summed E-state index contributed by atoms with van der Waals surface area (Å²) >= 11 is 0. The zero-order chi connectivity index (χ0) is 16.3. The number of rotatable bonds is 7. The number of carbonyl (C=O) groups excluding carboxylic acids is 1. The second kappa shape index (κ2) is 6.52. The summed E-state index contributed by atoms with van der Waals surface area (Å²) in [7, 11) is -6.09. The molecule has 1 aromatic rings. The largest absolute Gasteiger partial charge is 0.496 e. The summed E-state index contributed by atoms with van der Waals surface area (Å²) < 4.78 is 63.4. The Morgan fingerprint density at radius 3 is 2.33 bits per heavy atom. The number of hydrogen-bond acceptors (Lipinski definition) is 6. The number of halogens is 1. The first-order chi connectivity index (χ1) is 9.54. The van der Waals surface area contributed by atoms with Crippen molar-refractivity contribution in [2.75, 3.05) is 30.6 Å². The van der Waals surface area contributed by atoms with Crippen LogP contribution < -0.4 is 4.74 Å². The van der Waals surface area contributed by atoms with Gasteiger partial charge in [0.1, 0.15) is 27.2 Å². The van der Waals surface area contributed by atoms with Crippen LogP contribution in [0.25, 0.3) is 0 Å². The lowest BCUT2D eigenvalue weighted by Crippen LogP contribution is -2.23. The van der Waals surface area contributed by atoms with Gasteiger partial charge in [0.25, 0.3) is 0 Å². The minimum absolute atomic E-state index is 0.0553. The SMILES string of the molecule is COc1ccc(F)cc1C(=O)CS(=O)(=O)CCS(C)(=O)=O. The third-order valence-electron chi connectivity index (χ3n) is 2.58. The lowest BCUT2D eigenvalue weighted by molar-refractivity contribution is 0.101. The zero-order valence-corrected chi connectivity index (χ0v) is 13.1. The van der Waals surface area contributed by atoms with Crippen LogP contribution in [0.4, 0.5) is 4.39 Å². The summed E-state index contributed by atoms with van der Waals surface area (Å²) in [5, 5.41) is 0. The quantitative estimate of drug-likeness (QED) is 0.671. The molecule has 0 spiro atoms. The number of benzene rings is 1. The fourth-order valence-electron chi connectivity index (χ4n) is 1.53. The molecule has 6 nitrogen and oxygen atoms in total. The average molecular weight is 338 g/mol. The van der Waals surface area contributed by atoms with Gasteiger partial charge in [-0.05, 0) is 18.2 Å². The van der Waals surface area contributed by atoms with Gasteiger partial charge >= 0.3 is 0 Å². The molecule has 21 heavy (non-hydrogen) atoms. The van der Waals surface area contributed by atoms with Crippen molar-refractivity contribution in [3.05, 3.63) is 29.6 Å². The maximum Gasteiger partial charge on any atom is 0.181 e. The zero-order valence-electron chi connectivity index (χ0n) is 11.5. The van der Waals surface area contributed by atoms with E-state index in [4.69, 9.17) is 4.74 Å². The predicted molar refractivity (Wildman–Crippen MR) is 75.6 cm³/mol. The molecule has 0 aliphatic rings. The summed E-state index contributed by atoms with van der Waals surface area (Å²) in [6.45, 7) is 0. The van der Waals surface area contributed by atoms with Crippen molar-refractivity contribution < 1.29 is 30.8 Å². The second-order valence-electron chi connectivity index (χ2n) is 4.49. The van der Waals surface area contributed by atoms with Crippen LogP contribution in [0.5, 0.6) is 5.75 Å². The fraction of sp³-hybridized carbons (Fsp3) is 0.417. The van der Waals surface area contributed by atoms with E-state index in [2.05, 4.69) is 0 Å². The van der Waals surface area contributed by atoms with Crippen molar-refractivity contribution in [1.82, 2.24) is 0 Å². The maximum atomic E-state index is 13.1. The Balaban J connectivity index is 2.93. The normalized spacial score (nSPS) is 12.1. The van der Waals surface area contributed by atoms with Gasteiger partial charge in [-0.1, -0.05) is 0 Å². The highest BCUT2D eigenvalue weighted by atomic mass is 32.2. The van der Waals surface area contributed by atoms with Crippen LogP contribution in [0.15, 0.2) is 18.2 Å². The number of ketones is 1. The minimum atomic E-state index is -3.91. The molecule has 0 aliphatic heterocycles. The molecule has 9 heteroatoms. The van der Waals surface area contributed by atoms with Crippen molar-refractivity contribution in [2.24, 2.45) is 0 Å². The molecule has 0 saturated heterocycles. The van der Waals surface area contributed by atoms with Crippen LogP contribution in [0.3, 0.4) is 0 Å². The first-order valence-electron chi connectivity index (χ1n) is 5.79. The lowest BCUT2D eigenvalue weighted by Gasteiger charge is -2.08. The number of sulfone groups is 2. The van der Waals surface area contributed by atoms with Crippen LogP contribution >= 0.6 is 0 Å². The molecular formula is C12H15FO6S2. The van der Waals surface area contributed by atoms with Gasteiger partial charge in [-0.25, -0.2) is 21.2 Å². The van der Waals surface area contributed by atoms with Crippen LogP contribution in [0.1, 0.15) is 10.4 Å². The van der Waals surface area contributed by atoms with Gasteiger partial charge in [-0.3, -0.25) is 4.79 Å². The molecule has 118 valence electrons. The molecule has 1 rings (SSSR count). The van der Waals surface area contributed by atoms with Crippen molar-refractivity contribution >= 4 is 25.5 Å². The standard InChI is InChI=1S/C12H15FO6S2/c1-19-12-4-3-9(13)7-10(12)11(14)8-21(17,18)6-5-20(2,15)16/h3-4,7H,5-6,8H2,1-2H3. The number of carbonyl (C=O) groups is 1. The van der Waals surface area contributed by atoms with E-state index in [9.17, 15) is 26.0 Å². The highest BCUT2D eigenvalue weighted by Gasteiger charge is 2.22. The van der Waals surface area contributed by atoms with Crippen molar-refractivity contribution in [3.63, 3.8) is 0 Å². The maximum absolute atomic E-state index is 13.1. The van der Waals surface area contributed by atoms with Crippen molar-refractivity contribution in [3.8, 4) is 5.75 Å². The molecule has 0 heterocycles. The van der Waals surface area contributed by atoms with E-state index in [-0.39, 0.29) is 11.3 Å². The fourth-order valence-corrected chi connectivity index (χ4v) is 4.45. The van der Waals surface area contributed by atoms with Gasteiger partial charge in [0, 0.05) is 6.26 Å². The number of hydrogen-bond donors (Lipinski definition) is 0. The summed E-state index contributed by atoms with van der Waals surface area (Å²) in [6.07, 6.45) is 0.903. The average Bonchev–Trinajstić information content (AvgIpc) is 2.35.